The van der Waals surface area contributed by atoms with Crippen molar-refractivity contribution in [2.45, 2.75) is 56.1 Å². The Morgan fingerprint density at radius 2 is 1.87 bits per heavy atom. The molecule has 1 aromatic rings. The minimum absolute atomic E-state index is 0.0246. The fraction of sp³-hybridized carbons (Fsp3) is 0.600. The van der Waals surface area contributed by atoms with E-state index in [9.17, 15) is 13.5 Å². The maximum absolute atomic E-state index is 12.4. The van der Waals surface area contributed by atoms with Crippen molar-refractivity contribution in [2.75, 3.05) is 6.61 Å². The average molecular weight is 344 g/mol. The average Bonchev–Trinajstić information content (AvgIpc) is 2.77. The van der Waals surface area contributed by atoms with Gasteiger partial charge >= 0.3 is 0 Å². The number of aliphatic hydroxyl groups is 1. The topological polar surface area (TPSA) is 91.3 Å². The van der Waals surface area contributed by atoms with Crippen molar-refractivity contribution < 1.29 is 31.9 Å². The summed E-state index contributed by atoms with van der Waals surface area (Å²) in [5.74, 6) is -0.936. The van der Waals surface area contributed by atoms with E-state index in [0.29, 0.717) is 0 Å². The molecular formula is C15H20O7S. The molecule has 7 nitrogen and oxygen atoms in total. The molecule has 23 heavy (non-hydrogen) atoms. The summed E-state index contributed by atoms with van der Waals surface area (Å²) in [4.78, 5) is 0.0246. The lowest BCUT2D eigenvalue weighted by molar-refractivity contribution is -0.213. The maximum Gasteiger partial charge on any atom is 0.297 e. The second-order valence-corrected chi connectivity index (χ2v) is 7.77. The van der Waals surface area contributed by atoms with Gasteiger partial charge in [0.25, 0.3) is 10.1 Å². The Balaban J connectivity index is 1.83. The number of rotatable bonds is 3. The third kappa shape index (κ3) is 3.42. The second kappa shape index (κ2) is 5.80. The SMILES string of the molecule is Cc1ccc(S(=O)(=O)O[C@H]2[C@@H]3OC(C)(C)O[C@H]3OC[C@H]2O)cc1. The Morgan fingerprint density at radius 3 is 2.52 bits per heavy atom. The van der Waals surface area contributed by atoms with Crippen LogP contribution in [0.3, 0.4) is 0 Å². The van der Waals surface area contributed by atoms with E-state index >= 15 is 0 Å². The van der Waals surface area contributed by atoms with Crippen LogP contribution in [0.15, 0.2) is 29.2 Å². The fourth-order valence-electron chi connectivity index (χ4n) is 2.64. The van der Waals surface area contributed by atoms with Crippen molar-refractivity contribution in [3.05, 3.63) is 29.8 Å². The van der Waals surface area contributed by atoms with Gasteiger partial charge < -0.3 is 19.3 Å². The second-order valence-electron chi connectivity index (χ2n) is 6.20. The Bertz CT molecular complexity index is 668. The van der Waals surface area contributed by atoms with E-state index < -0.39 is 40.5 Å². The molecule has 2 fully saturated rings. The summed E-state index contributed by atoms with van der Waals surface area (Å²) in [6.07, 6.45) is -3.82. The van der Waals surface area contributed by atoms with Crippen LogP contribution in [0.1, 0.15) is 19.4 Å². The summed E-state index contributed by atoms with van der Waals surface area (Å²) in [6.45, 7) is 5.14. The van der Waals surface area contributed by atoms with Gasteiger partial charge in [-0.1, -0.05) is 17.7 Å². The molecular weight excluding hydrogens is 324 g/mol. The van der Waals surface area contributed by atoms with Gasteiger partial charge in [-0.15, -0.1) is 0 Å². The van der Waals surface area contributed by atoms with Gasteiger partial charge in [0, 0.05) is 0 Å². The summed E-state index contributed by atoms with van der Waals surface area (Å²) in [5.41, 5.74) is 0.935. The summed E-state index contributed by atoms with van der Waals surface area (Å²) < 4.78 is 46.7. The molecule has 2 heterocycles. The zero-order valence-corrected chi connectivity index (χ0v) is 13.9. The normalized spacial score (nSPS) is 33.4. The molecule has 4 atom stereocenters. The Morgan fingerprint density at radius 1 is 1.22 bits per heavy atom. The summed E-state index contributed by atoms with van der Waals surface area (Å²) in [7, 11) is -4.04. The Labute approximate surface area is 135 Å². The summed E-state index contributed by atoms with van der Waals surface area (Å²) >= 11 is 0. The molecule has 0 aliphatic carbocycles. The molecule has 3 rings (SSSR count). The van der Waals surface area contributed by atoms with Crippen LogP contribution in [0.4, 0.5) is 0 Å². The van der Waals surface area contributed by atoms with Crippen LogP contribution in [0.2, 0.25) is 0 Å². The van der Waals surface area contributed by atoms with Gasteiger partial charge in [0.1, 0.15) is 18.3 Å². The molecule has 1 aromatic carbocycles. The first-order valence-electron chi connectivity index (χ1n) is 7.33. The van der Waals surface area contributed by atoms with Gasteiger partial charge in [-0.25, -0.2) is 0 Å². The van der Waals surface area contributed by atoms with Crippen molar-refractivity contribution in [3.63, 3.8) is 0 Å². The highest BCUT2D eigenvalue weighted by atomic mass is 32.2. The number of ether oxygens (including phenoxy) is 3. The third-order valence-electron chi connectivity index (χ3n) is 3.77. The molecule has 0 spiro atoms. The molecule has 0 saturated carbocycles. The molecule has 128 valence electrons. The van der Waals surface area contributed by atoms with Crippen LogP contribution in [-0.2, 0) is 28.5 Å². The smallest absolute Gasteiger partial charge is 0.297 e. The van der Waals surface area contributed by atoms with E-state index in [0.717, 1.165) is 5.56 Å². The molecule has 2 aliphatic heterocycles. The van der Waals surface area contributed by atoms with Gasteiger partial charge in [0.05, 0.1) is 11.5 Å². The zero-order chi connectivity index (χ0) is 16.8. The molecule has 2 aliphatic rings. The maximum atomic E-state index is 12.4. The fourth-order valence-corrected chi connectivity index (χ4v) is 3.75. The lowest BCUT2D eigenvalue weighted by atomic mass is 10.1. The van der Waals surface area contributed by atoms with Crippen molar-refractivity contribution in [3.8, 4) is 0 Å². The number of hydrogen-bond acceptors (Lipinski definition) is 7. The predicted octanol–water partition coefficient (Wildman–Crippen LogP) is 0.938. The first-order valence-corrected chi connectivity index (χ1v) is 8.74. The number of aryl methyl sites for hydroxylation is 1. The lowest BCUT2D eigenvalue weighted by Crippen LogP contribution is -2.53. The van der Waals surface area contributed by atoms with Crippen LogP contribution >= 0.6 is 0 Å². The van der Waals surface area contributed by atoms with Crippen molar-refractivity contribution >= 4 is 10.1 Å². The highest BCUT2D eigenvalue weighted by Gasteiger charge is 2.53. The molecule has 0 amide bonds. The van der Waals surface area contributed by atoms with Gasteiger partial charge in [0.2, 0.25) is 0 Å². The van der Waals surface area contributed by atoms with E-state index in [-0.39, 0.29) is 11.5 Å². The van der Waals surface area contributed by atoms with Crippen molar-refractivity contribution in [2.24, 2.45) is 0 Å². The molecule has 2 saturated heterocycles. The van der Waals surface area contributed by atoms with Gasteiger partial charge in [-0.05, 0) is 32.9 Å². The lowest BCUT2D eigenvalue weighted by Gasteiger charge is -2.34. The van der Waals surface area contributed by atoms with Crippen molar-refractivity contribution in [1.82, 2.24) is 0 Å². The number of fused-ring (bicyclic) bond motifs is 1. The zero-order valence-electron chi connectivity index (χ0n) is 13.1. The first kappa shape index (κ1) is 16.8. The first-order chi connectivity index (χ1) is 10.7. The van der Waals surface area contributed by atoms with Gasteiger partial charge in [0.15, 0.2) is 12.1 Å². The number of aliphatic hydroxyl groups excluding tert-OH is 1. The molecule has 0 aromatic heterocycles. The van der Waals surface area contributed by atoms with Crippen LogP contribution in [0.25, 0.3) is 0 Å². The van der Waals surface area contributed by atoms with Gasteiger partial charge in [-0.2, -0.15) is 8.42 Å². The quantitative estimate of drug-likeness (QED) is 0.816. The van der Waals surface area contributed by atoms with Crippen LogP contribution in [0.5, 0.6) is 0 Å². The standard InChI is InChI=1S/C15H20O7S/c1-9-4-6-10(7-5-9)23(17,18)22-12-11(16)8-19-14-13(12)20-15(2,3)21-14/h4-7,11-14,16H,8H2,1-3H3/t11-,12-,13+,14-/m1/s1. The molecule has 1 N–H and O–H groups in total. The largest absolute Gasteiger partial charge is 0.388 e. The predicted molar refractivity (Wildman–Crippen MR) is 79.0 cm³/mol. The monoisotopic (exact) mass is 344 g/mol. The minimum atomic E-state index is -4.04. The Kier molecular flexibility index (Phi) is 4.24. The molecule has 0 radical (unpaired) electrons. The van der Waals surface area contributed by atoms with E-state index in [1.807, 2.05) is 6.92 Å². The van der Waals surface area contributed by atoms with E-state index in [2.05, 4.69) is 0 Å². The van der Waals surface area contributed by atoms with Gasteiger partial charge in [-0.3, -0.25) is 4.18 Å². The van der Waals surface area contributed by atoms with E-state index in [4.69, 9.17) is 18.4 Å². The van der Waals surface area contributed by atoms with E-state index in [1.165, 1.54) is 12.1 Å². The summed E-state index contributed by atoms with van der Waals surface area (Å²) in [5, 5.41) is 10.1. The molecule has 0 unspecified atom stereocenters. The summed E-state index contributed by atoms with van der Waals surface area (Å²) in [6, 6.07) is 6.28. The van der Waals surface area contributed by atoms with Crippen molar-refractivity contribution in [1.29, 1.82) is 0 Å². The number of hydrogen-bond donors (Lipinski definition) is 1. The molecule has 8 heteroatoms. The van der Waals surface area contributed by atoms with Crippen LogP contribution in [-0.4, -0.2) is 50.5 Å². The number of benzene rings is 1. The highest BCUT2D eigenvalue weighted by Crippen LogP contribution is 2.36. The minimum Gasteiger partial charge on any atom is -0.388 e. The third-order valence-corrected chi connectivity index (χ3v) is 5.09. The van der Waals surface area contributed by atoms with E-state index in [1.54, 1.807) is 26.0 Å². The van der Waals surface area contributed by atoms with Crippen LogP contribution < -0.4 is 0 Å². The molecule has 0 bridgehead atoms. The highest BCUT2D eigenvalue weighted by molar-refractivity contribution is 7.86. The Hall–Kier alpha value is -1.03. The van der Waals surface area contributed by atoms with Crippen LogP contribution in [0, 0.1) is 6.92 Å².